The number of nitrogens with one attached hydrogen (secondary N) is 2. The minimum absolute atomic E-state index is 0.0226. The van der Waals surface area contributed by atoms with Gasteiger partial charge >= 0.3 is 0 Å². The summed E-state index contributed by atoms with van der Waals surface area (Å²) in [5, 5.41) is 6.69. The third-order valence-corrected chi connectivity index (χ3v) is 4.84. The number of guanidine groups is 1. The van der Waals surface area contributed by atoms with Crippen molar-refractivity contribution in [3.05, 3.63) is 83.9 Å². The third-order valence-electron chi connectivity index (χ3n) is 4.84. The van der Waals surface area contributed by atoms with Gasteiger partial charge in [-0.15, -0.1) is 0 Å². The highest BCUT2D eigenvalue weighted by Gasteiger charge is 2.08. The first-order chi connectivity index (χ1) is 14.7. The van der Waals surface area contributed by atoms with Crippen molar-refractivity contribution < 1.29 is 4.74 Å². The average Bonchev–Trinajstić information content (AvgIpc) is 3.19. The molecule has 1 atom stereocenters. The highest BCUT2D eigenvalue weighted by molar-refractivity contribution is 5.79. The largest absolute Gasteiger partial charge is 0.489 e. The van der Waals surface area contributed by atoms with Crippen molar-refractivity contribution in [1.82, 2.24) is 20.2 Å². The summed E-state index contributed by atoms with van der Waals surface area (Å²) in [5.74, 6) is 2.73. The summed E-state index contributed by atoms with van der Waals surface area (Å²) in [4.78, 5) is 8.81. The van der Waals surface area contributed by atoms with Crippen LogP contribution in [-0.4, -0.2) is 41.8 Å². The van der Waals surface area contributed by atoms with Gasteiger partial charge in [0.1, 0.15) is 17.7 Å². The number of hydrogen-bond donors (Lipinski definition) is 2. The van der Waals surface area contributed by atoms with Crippen molar-refractivity contribution in [1.29, 1.82) is 0 Å². The van der Waals surface area contributed by atoms with Gasteiger partial charge in [-0.1, -0.05) is 48.5 Å². The predicted octanol–water partition coefficient (Wildman–Crippen LogP) is 3.41. The van der Waals surface area contributed by atoms with Crippen LogP contribution < -0.4 is 15.4 Å². The molecule has 0 amide bonds. The third kappa shape index (κ3) is 6.37. The van der Waals surface area contributed by atoms with E-state index < -0.39 is 0 Å². The van der Waals surface area contributed by atoms with Crippen LogP contribution in [0.4, 0.5) is 0 Å². The Kier molecular flexibility index (Phi) is 7.89. The Hall–Kier alpha value is -3.28. The molecule has 3 rings (SSSR count). The first-order valence-electron chi connectivity index (χ1n) is 10.4. The zero-order chi connectivity index (χ0) is 21.2. The maximum atomic E-state index is 6.02. The molecule has 2 aromatic carbocycles. The van der Waals surface area contributed by atoms with Crippen LogP contribution in [0.1, 0.15) is 23.9 Å². The maximum Gasteiger partial charge on any atom is 0.191 e. The second-order valence-electron chi connectivity index (χ2n) is 7.28. The highest BCUT2D eigenvalue weighted by atomic mass is 16.5. The van der Waals surface area contributed by atoms with Crippen LogP contribution in [0.5, 0.6) is 5.75 Å². The van der Waals surface area contributed by atoms with E-state index in [1.807, 2.05) is 43.6 Å². The Morgan fingerprint density at radius 1 is 1.10 bits per heavy atom. The molecule has 158 valence electrons. The molecule has 6 nitrogen and oxygen atoms in total. The SMILES string of the molecule is CN=C(NCCc1nccn1Cc1ccccc1)NCC(C)Oc1ccccc1C. The van der Waals surface area contributed by atoms with Gasteiger partial charge < -0.3 is 19.9 Å². The fourth-order valence-electron chi connectivity index (χ4n) is 3.19. The molecule has 1 unspecified atom stereocenters. The summed E-state index contributed by atoms with van der Waals surface area (Å²) >= 11 is 0. The summed E-state index contributed by atoms with van der Waals surface area (Å²) in [6, 6.07) is 18.5. The zero-order valence-corrected chi connectivity index (χ0v) is 18.0. The van der Waals surface area contributed by atoms with Crippen LogP contribution in [-0.2, 0) is 13.0 Å². The minimum atomic E-state index is 0.0226. The summed E-state index contributed by atoms with van der Waals surface area (Å²) in [7, 11) is 1.78. The number of para-hydroxylation sites is 1. The number of imidazole rings is 1. The number of nitrogens with zero attached hydrogens (tertiary/aromatic N) is 3. The molecule has 0 aliphatic rings. The first-order valence-corrected chi connectivity index (χ1v) is 10.4. The van der Waals surface area contributed by atoms with Gasteiger partial charge in [0, 0.05) is 39.0 Å². The van der Waals surface area contributed by atoms with Gasteiger partial charge in [-0.2, -0.15) is 0 Å². The van der Waals surface area contributed by atoms with Gasteiger partial charge in [0.15, 0.2) is 5.96 Å². The van der Waals surface area contributed by atoms with Gasteiger partial charge in [-0.05, 0) is 31.0 Å². The van der Waals surface area contributed by atoms with Gasteiger partial charge in [0.2, 0.25) is 0 Å². The van der Waals surface area contributed by atoms with E-state index >= 15 is 0 Å². The van der Waals surface area contributed by atoms with Crippen LogP contribution >= 0.6 is 0 Å². The zero-order valence-electron chi connectivity index (χ0n) is 18.0. The molecule has 0 radical (unpaired) electrons. The molecule has 0 spiro atoms. The van der Waals surface area contributed by atoms with Gasteiger partial charge in [-0.3, -0.25) is 4.99 Å². The van der Waals surface area contributed by atoms with E-state index in [2.05, 4.69) is 62.4 Å². The van der Waals surface area contributed by atoms with Crippen molar-refractivity contribution in [3.63, 3.8) is 0 Å². The topological polar surface area (TPSA) is 63.5 Å². The number of rotatable bonds is 9. The number of aromatic nitrogens is 2. The van der Waals surface area contributed by atoms with E-state index in [0.29, 0.717) is 6.54 Å². The lowest BCUT2D eigenvalue weighted by Crippen LogP contribution is -2.42. The van der Waals surface area contributed by atoms with Gasteiger partial charge in [-0.25, -0.2) is 4.98 Å². The van der Waals surface area contributed by atoms with E-state index in [0.717, 1.165) is 42.6 Å². The van der Waals surface area contributed by atoms with E-state index in [1.54, 1.807) is 7.05 Å². The average molecular weight is 406 g/mol. The minimum Gasteiger partial charge on any atom is -0.489 e. The van der Waals surface area contributed by atoms with Gasteiger partial charge in [0.05, 0.1) is 6.54 Å². The van der Waals surface area contributed by atoms with Crippen LogP contribution in [0.25, 0.3) is 0 Å². The lowest BCUT2D eigenvalue weighted by Gasteiger charge is -2.19. The van der Waals surface area contributed by atoms with E-state index in [-0.39, 0.29) is 6.10 Å². The molecule has 6 heteroatoms. The quantitative estimate of drug-likeness (QED) is 0.423. The van der Waals surface area contributed by atoms with Crippen molar-refractivity contribution in [2.75, 3.05) is 20.1 Å². The van der Waals surface area contributed by atoms with Crippen molar-refractivity contribution in [2.45, 2.75) is 32.9 Å². The molecule has 3 aromatic rings. The van der Waals surface area contributed by atoms with Crippen LogP contribution in [0.15, 0.2) is 72.0 Å². The molecule has 0 bridgehead atoms. The Bertz CT molecular complexity index is 936. The molecule has 1 heterocycles. The molecule has 0 saturated heterocycles. The van der Waals surface area contributed by atoms with Crippen LogP contribution in [0.2, 0.25) is 0 Å². The normalized spacial score (nSPS) is 12.4. The number of benzene rings is 2. The smallest absolute Gasteiger partial charge is 0.191 e. The second-order valence-corrected chi connectivity index (χ2v) is 7.28. The summed E-state index contributed by atoms with van der Waals surface area (Å²) in [6.07, 6.45) is 4.72. The lowest BCUT2D eigenvalue weighted by molar-refractivity contribution is 0.222. The predicted molar refractivity (Wildman–Crippen MR) is 122 cm³/mol. The standard InChI is InChI=1S/C24H31N5O/c1-19-9-7-8-12-22(19)30-20(2)17-28-24(25-3)27-14-13-23-26-15-16-29(23)18-21-10-5-4-6-11-21/h4-12,15-16,20H,13-14,17-18H2,1-3H3,(H2,25,27,28). The molecule has 0 aliphatic heterocycles. The molecular weight excluding hydrogens is 374 g/mol. The Balaban J connectivity index is 1.43. The van der Waals surface area contributed by atoms with Gasteiger partial charge in [0.25, 0.3) is 0 Å². The molecule has 1 aromatic heterocycles. The summed E-state index contributed by atoms with van der Waals surface area (Å²) in [5.41, 5.74) is 2.41. The van der Waals surface area contributed by atoms with Crippen molar-refractivity contribution in [2.24, 2.45) is 4.99 Å². The molecule has 30 heavy (non-hydrogen) atoms. The molecule has 0 saturated carbocycles. The maximum absolute atomic E-state index is 6.02. The molecular formula is C24H31N5O. The molecule has 2 N–H and O–H groups in total. The van der Waals surface area contributed by atoms with E-state index in [9.17, 15) is 0 Å². The van der Waals surface area contributed by atoms with E-state index in [4.69, 9.17) is 4.74 Å². The first kappa shape index (κ1) is 21.4. The monoisotopic (exact) mass is 405 g/mol. The Morgan fingerprint density at radius 2 is 1.87 bits per heavy atom. The summed E-state index contributed by atoms with van der Waals surface area (Å²) in [6.45, 7) is 6.34. The number of hydrogen-bond acceptors (Lipinski definition) is 3. The Labute approximate surface area is 179 Å². The number of ether oxygens (including phenoxy) is 1. The number of aryl methyl sites for hydroxylation is 1. The van der Waals surface area contributed by atoms with Crippen molar-refractivity contribution >= 4 is 5.96 Å². The highest BCUT2D eigenvalue weighted by Crippen LogP contribution is 2.17. The number of aliphatic imine (C=N–C) groups is 1. The van der Waals surface area contributed by atoms with Crippen LogP contribution in [0, 0.1) is 6.92 Å². The van der Waals surface area contributed by atoms with E-state index in [1.165, 1.54) is 5.56 Å². The molecule has 0 aliphatic carbocycles. The second kappa shape index (κ2) is 11.0. The molecule has 0 fully saturated rings. The Morgan fingerprint density at radius 3 is 2.63 bits per heavy atom. The fourth-order valence-corrected chi connectivity index (χ4v) is 3.19. The lowest BCUT2D eigenvalue weighted by atomic mass is 10.2. The van der Waals surface area contributed by atoms with Crippen molar-refractivity contribution in [3.8, 4) is 5.75 Å². The van der Waals surface area contributed by atoms with Crippen LogP contribution in [0.3, 0.4) is 0 Å². The fraction of sp³-hybridized carbons (Fsp3) is 0.333. The summed E-state index contributed by atoms with van der Waals surface area (Å²) < 4.78 is 8.20.